The monoisotopic (exact) mass is 314 g/mol. The Bertz CT molecular complexity index is 644. The number of hydrogen-bond donors (Lipinski definition) is 1. The van der Waals surface area contributed by atoms with Crippen LogP contribution < -0.4 is 10.2 Å². The van der Waals surface area contributed by atoms with Gasteiger partial charge in [-0.2, -0.15) is 10.1 Å². The lowest BCUT2D eigenvalue weighted by Crippen LogP contribution is -2.31. The second-order valence-corrected chi connectivity index (χ2v) is 6.23. The van der Waals surface area contributed by atoms with Crippen LogP contribution in [0.4, 0.5) is 11.8 Å². The summed E-state index contributed by atoms with van der Waals surface area (Å²) in [5.74, 6) is 1.75. The lowest BCUT2D eigenvalue weighted by atomic mass is 10.1. The minimum absolute atomic E-state index is 0.200. The molecule has 1 atom stereocenters. The van der Waals surface area contributed by atoms with Gasteiger partial charge in [0.2, 0.25) is 5.95 Å². The quantitative estimate of drug-likeness (QED) is 0.919. The summed E-state index contributed by atoms with van der Waals surface area (Å²) < 4.78 is 1.92. The molecule has 6 nitrogen and oxygen atoms in total. The van der Waals surface area contributed by atoms with Crippen LogP contribution in [0.2, 0.25) is 0 Å². The van der Waals surface area contributed by atoms with Gasteiger partial charge >= 0.3 is 0 Å². The van der Waals surface area contributed by atoms with Crippen LogP contribution in [0.1, 0.15) is 50.0 Å². The summed E-state index contributed by atoms with van der Waals surface area (Å²) >= 11 is 0. The number of anilines is 2. The van der Waals surface area contributed by atoms with Gasteiger partial charge in [-0.15, -0.1) is 0 Å². The molecule has 1 saturated heterocycles. The Balaban J connectivity index is 1.81. The molecular weight excluding hydrogens is 288 g/mol. The molecule has 0 aliphatic carbocycles. The summed E-state index contributed by atoms with van der Waals surface area (Å²) in [7, 11) is 1.98. The van der Waals surface area contributed by atoms with Crippen molar-refractivity contribution < 1.29 is 0 Å². The lowest BCUT2D eigenvalue weighted by Gasteiger charge is -2.27. The first kappa shape index (κ1) is 15.8. The molecule has 3 rings (SSSR count). The normalized spacial score (nSPS) is 16.4. The molecule has 0 spiro atoms. The molecule has 0 saturated carbocycles. The molecule has 2 aromatic heterocycles. The number of nitrogens with zero attached hydrogens (tertiary/aromatic N) is 5. The van der Waals surface area contributed by atoms with Gasteiger partial charge in [0, 0.05) is 38.1 Å². The van der Waals surface area contributed by atoms with E-state index >= 15 is 0 Å². The second-order valence-electron chi connectivity index (χ2n) is 6.23. The molecule has 1 aliphatic rings. The lowest BCUT2D eigenvalue weighted by molar-refractivity contribution is 0.567. The van der Waals surface area contributed by atoms with E-state index in [-0.39, 0.29) is 6.04 Å². The Kier molecular flexibility index (Phi) is 4.79. The van der Waals surface area contributed by atoms with Gasteiger partial charge in [0.25, 0.3) is 0 Å². The highest BCUT2D eigenvalue weighted by atomic mass is 15.3. The largest absolute Gasteiger partial charge is 0.362 e. The molecule has 0 aromatic carbocycles. The number of nitrogens with one attached hydrogen (secondary N) is 1. The molecule has 124 valence electrons. The molecule has 1 aliphatic heterocycles. The van der Waals surface area contributed by atoms with Crippen molar-refractivity contribution in [2.24, 2.45) is 7.05 Å². The highest BCUT2D eigenvalue weighted by Gasteiger charge is 2.17. The smallest absolute Gasteiger partial charge is 0.227 e. The molecule has 0 radical (unpaired) electrons. The first-order valence-electron chi connectivity index (χ1n) is 8.52. The van der Waals surface area contributed by atoms with E-state index in [0.29, 0.717) is 0 Å². The van der Waals surface area contributed by atoms with Gasteiger partial charge in [-0.25, -0.2) is 4.98 Å². The summed E-state index contributed by atoms with van der Waals surface area (Å²) in [4.78, 5) is 11.7. The molecule has 0 amide bonds. The van der Waals surface area contributed by atoms with Crippen molar-refractivity contribution in [3.05, 3.63) is 29.7 Å². The highest BCUT2D eigenvalue weighted by molar-refractivity contribution is 5.45. The van der Waals surface area contributed by atoms with Gasteiger partial charge in [-0.1, -0.05) is 6.92 Å². The molecule has 3 heterocycles. The van der Waals surface area contributed by atoms with Crippen LogP contribution in [0.25, 0.3) is 0 Å². The first-order chi connectivity index (χ1) is 11.2. The zero-order valence-corrected chi connectivity index (χ0v) is 14.3. The van der Waals surface area contributed by atoms with Gasteiger partial charge < -0.3 is 10.2 Å². The van der Waals surface area contributed by atoms with Crippen molar-refractivity contribution in [3.63, 3.8) is 0 Å². The van der Waals surface area contributed by atoms with Crippen molar-refractivity contribution >= 4 is 11.8 Å². The number of piperidine rings is 1. The average Bonchev–Trinajstić information content (AvgIpc) is 2.99. The Morgan fingerprint density at radius 2 is 2.00 bits per heavy atom. The maximum Gasteiger partial charge on any atom is 0.227 e. The van der Waals surface area contributed by atoms with E-state index in [2.05, 4.69) is 33.3 Å². The van der Waals surface area contributed by atoms with Crippen molar-refractivity contribution in [2.45, 2.75) is 45.6 Å². The van der Waals surface area contributed by atoms with Crippen LogP contribution in [0, 0.1) is 6.92 Å². The number of rotatable bonds is 5. The van der Waals surface area contributed by atoms with Crippen LogP contribution >= 0.6 is 0 Å². The number of aryl methyl sites for hydroxylation is 2. The highest BCUT2D eigenvalue weighted by Crippen LogP contribution is 2.23. The molecule has 0 bridgehead atoms. The molecule has 23 heavy (non-hydrogen) atoms. The molecular formula is C17H26N6. The fourth-order valence-corrected chi connectivity index (χ4v) is 3.15. The summed E-state index contributed by atoms with van der Waals surface area (Å²) in [6, 6.07) is 4.28. The molecule has 2 aromatic rings. The van der Waals surface area contributed by atoms with Crippen LogP contribution in [0.3, 0.4) is 0 Å². The molecule has 1 N–H and O–H groups in total. The van der Waals surface area contributed by atoms with Gasteiger partial charge in [-0.05, 0) is 38.7 Å². The van der Waals surface area contributed by atoms with Crippen molar-refractivity contribution in [2.75, 3.05) is 23.3 Å². The van der Waals surface area contributed by atoms with E-state index in [4.69, 9.17) is 4.98 Å². The Morgan fingerprint density at radius 3 is 2.65 bits per heavy atom. The van der Waals surface area contributed by atoms with Gasteiger partial charge in [0.15, 0.2) is 0 Å². The predicted molar refractivity (Wildman–Crippen MR) is 92.7 cm³/mol. The summed E-state index contributed by atoms with van der Waals surface area (Å²) in [6.45, 7) is 6.32. The summed E-state index contributed by atoms with van der Waals surface area (Å²) in [5.41, 5.74) is 2.17. The van der Waals surface area contributed by atoms with Gasteiger partial charge in [0.1, 0.15) is 5.82 Å². The minimum atomic E-state index is 0.200. The summed E-state index contributed by atoms with van der Waals surface area (Å²) in [6.07, 6.45) is 6.58. The van der Waals surface area contributed by atoms with Crippen LogP contribution in [0.5, 0.6) is 0 Å². The first-order valence-corrected chi connectivity index (χ1v) is 8.52. The Morgan fingerprint density at radius 1 is 1.22 bits per heavy atom. The van der Waals surface area contributed by atoms with Gasteiger partial charge in [-0.3, -0.25) is 4.68 Å². The SMILES string of the molecule is CCC(Nc1cc(C)nc(N2CCCCC2)n1)c1ccnn1C. The van der Waals surface area contributed by atoms with Crippen molar-refractivity contribution in [1.29, 1.82) is 0 Å². The topological polar surface area (TPSA) is 58.9 Å². The van der Waals surface area contributed by atoms with Crippen LogP contribution in [0.15, 0.2) is 18.3 Å². The third kappa shape index (κ3) is 3.63. The van der Waals surface area contributed by atoms with Crippen LogP contribution in [-0.2, 0) is 7.05 Å². The second kappa shape index (κ2) is 6.98. The number of aromatic nitrogens is 4. The standard InChI is InChI=1S/C17H26N6/c1-4-14(15-8-9-18-22(15)3)20-16-12-13(2)19-17(21-16)23-10-6-5-7-11-23/h8-9,12,14H,4-7,10-11H2,1-3H3,(H,19,20,21). The maximum atomic E-state index is 4.76. The molecule has 6 heteroatoms. The average molecular weight is 314 g/mol. The van der Waals surface area contributed by atoms with Gasteiger partial charge in [0.05, 0.1) is 11.7 Å². The maximum absolute atomic E-state index is 4.76. The van der Waals surface area contributed by atoms with E-state index in [9.17, 15) is 0 Å². The molecule has 1 unspecified atom stereocenters. The number of hydrogen-bond acceptors (Lipinski definition) is 5. The third-order valence-corrected chi connectivity index (χ3v) is 4.43. The van der Waals surface area contributed by atoms with Crippen LogP contribution in [-0.4, -0.2) is 32.8 Å². The van der Waals surface area contributed by atoms with E-state index in [1.165, 1.54) is 25.0 Å². The fraction of sp³-hybridized carbons (Fsp3) is 0.588. The Hall–Kier alpha value is -2.11. The predicted octanol–water partition coefficient (Wildman–Crippen LogP) is 3.07. The van der Waals surface area contributed by atoms with Crippen molar-refractivity contribution in [3.8, 4) is 0 Å². The zero-order valence-electron chi connectivity index (χ0n) is 14.3. The van der Waals surface area contributed by atoms with E-state index in [1.807, 2.05) is 30.9 Å². The van der Waals surface area contributed by atoms with E-state index in [0.717, 1.165) is 37.0 Å². The summed E-state index contributed by atoms with van der Waals surface area (Å²) in [5, 5.41) is 7.82. The zero-order chi connectivity index (χ0) is 16.2. The van der Waals surface area contributed by atoms with E-state index in [1.54, 1.807) is 0 Å². The van der Waals surface area contributed by atoms with Crippen molar-refractivity contribution in [1.82, 2.24) is 19.7 Å². The minimum Gasteiger partial charge on any atom is -0.362 e. The van der Waals surface area contributed by atoms with E-state index < -0.39 is 0 Å². The third-order valence-electron chi connectivity index (χ3n) is 4.43. The Labute approximate surface area is 137 Å². The fourth-order valence-electron chi connectivity index (χ4n) is 3.15. The molecule has 1 fully saturated rings.